The van der Waals surface area contributed by atoms with Crippen molar-refractivity contribution in [3.8, 4) is 17.1 Å². The first-order valence-corrected chi connectivity index (χ1v) is 10.9. The largest absolute Gasteiger partial charge is 0.319 e. The van der Waals surface area contributed by atoms with Gasteiger partial charge in [0.15, 0.2) is 5.82 Å². The molecule has 0 aliphatic rings. The highest BCUT2D eigenvalue weighted by atomic mass is 79.9. The second kappa shape index (κ2) is 8.53. The van der Waals surface area contributed by atoms with Crippen molar-refractivity contribution >= 4 is 43.5 Å². The average molecular weight is 526 g/mol. The van der Waals surface area contributed by atoms with E-state index in [0.29, 0.717) is 5.82 Å². The Labute approximate surface area is 191 Å². The third kappa shape index (κ3) is 4.37. The zero-order valence-electron chi connectivity index (χ0n) is 16.4. The molecule has 1 heterocycles. The predicted octanol–water partition coefficient (Wildman–Crippen LogP) is 6.33. The molecule has 3 aromatic carbocycles. The van der Waals surface area contributed by atoms with Gasteiger partial charge in [-0.25, -0.2) is 9.67 Å². The molecule has 5 nitrogen and oxygen atoms in total. The lowest BCUT2D eigenvalue weighted by Crippen LogP contribution is -2.15. The van der Waals surface area contributed by atoms with E-state index < -0.39 is 0 Å². The topological polar surface area (TPSA) is 59.8 Å². The number of hydrogen-bond acceptors (Lipinski definition) is 3. The fraction of sp³-hybridized carbons (Fsp3) is 0.0870. The van der Waals surface area contributed by atoms with Gasteiger partial charge in [0.1, 0.15) is 0 Å². The number of carbonyl (C=O) groups is 1. The Hall–Kier alpha value is -2.77. The number of amides is 1. The van der Waals surface area contributed by atoms with E-state index in [9.17, 15) is 4.79 Å². The first-order chi connectivity index (χ1) is 14.4. The van der Waals surface area contributed by atoms with Gasteiger partial charge >= 0.3 is 0 Å². The van der Waals surface area contributed by atoms with Crippen molar-refractivity contribution in [2.75, 3.05) is 5.32 Å². The number of nitrogens with one attached hydrogen (secondary N) is 1. The molecule has 1 amide bonds. The number of halogens is 2. The van der Waals surface area contributed by atoms with Crippen molar-refractivity contribution in [2.45, 2.75) is 13.8 Å². The van der Waals surface area contributed by atoms with Gasteiger partial charge in [0.2, 0.25) is 5.82 Å². The highest BCUT2D eigenvalue weighted by Crippen LogP contribution is 2.24. The van der Waals surface area contributed by atoms with E-state index in [2.05, 4.69) is 47.3 Å². The van der Waals surface area contributed by atoms with Gasteiger partial charge in [-0.05, 0) is 61.9 Å². The summed E-state index contributed by atoms with van der Waals surface area (Å²) in [7, 11) is 0. The maximum atomic E-state index is 12.9. The Balaban J connectivity index is 1.75. The van der Waals surface area contributed by atoms with Crippen LogP contribution in [0.4, 0.5) is 5.69 Å². The smallest absolute Gasteiger partial charge is 0.295 e. The molecule has 7 heteroatoms. The molecule has 30 heavy (non-hydrogen) atoms. The second-order valence-electron chi connectivity index (χ2n) is 6.93. The number of benzene rings is 3. The molecule has 4 aromatic rings. The van der Waals surface area contributed by atoms with Gasteiger partial charge in [0.05, 0.1) is 5.69 Å². The minimum Gasteiger partial charge on any atom is -0.319 e. The quantitative estimate of drug-likeness (QED) is 0.338. The minimum absolute atomic E-state index is 0.107. The predicted molar refractivity (Wildman–Crippen MR) is 126 cm³/mol. The number of aromatic nitrogens is 3. The van der Waals surface area contributed by atoms with Crippen molar-refractivity contribution < 1.29 is 4.79 Å². The lowest BCUT2D eigenvalue weighted by atomic mass is 10.1. The van der Waals surface area contributed by atoms with Gasteiger partial charge < -0.3 is 5.32 Å². The molecule has 0 radical (unpaired) electrons. The van der Waals surface area contributed by atoms with E-state index in [4.69, 9.17) is 0 Å². The summed E-state index contributed by atoms with van der Waals surface area (Å²) in [5, 5.41) is 7.43. The molecule has 0 aliphatic heterocycles. The maximum absolute atomic E-state index is 12.9. The molecule has 0 aliphatic carbocycles. The number of aryl methyl sites for hydroxylation is 2. The monoisotopic (exact) mass is 524 g/mol. The van der Waals surface area contributed by atoms with Gasteiger partial charge in [-0.1, -0.05) is 61.7 Å². The van der Waals surface area contributed by atoms with Gasteiger partial charge in [0.25, 0.3) is 5.91 Å². The number of carbonyl (C=O) groups excluding carboxylic acids is 1. The van der Waals surface area contributed by atoms with E-state index in [-0.39, 0.29) is 11.7 Å². The Kier molecular flexibility index (Phi) is 5.83. The summed E-state index contributed by atoms with van der Waals surface area (Å²) in [5.41, 5.74) is 4.52. The molecule has 0 unspecified atom stereocenters. The second-order valence-corrected chi connectivity index (χ2v) is 8.76. The third-order valence-corrected chi connectivity index (χ3v) is 5.65. The zero-order chi connectivity index (χ0) is 21.3. The van der Waals surface area contributed by atoms with Gasteiger partial charge in [-0.15, -0.1) is 5.10 Å². The fourth-order valence-corrected chi connectivity index (χ4v) is 3.75. The molecular weight excluding hydrogens is 508 g/mol. The summed E-state index contributed by atoms with van der Waals surface area (Å²) in [5.74, 6) is 0.357. The molecule has 0 atom stereocenters. The molecule has 0 spiro atoms. The van der Waals surface area contributed by atoms with Crippen molar-refractivity contribution in [3.63, 3.8) is 0 Å². The standard InChI is InChI=1S/C23H18Br2N4O/c1-14-3-5-16(6-4-14)22-27-21(28-29(22)19-10-7-17(24)8-11-19)23(30)26-20-12-9-18(25)13-15(20)2/h3-13H,1-2H3,(H,26,30). The maximum Gasteiger partial charge on any atom is 0.295 e. The first-order valence-electron chi connectivity index (χ1n) is 9.28. The van der Waals surface area contributed by atoms with E-state index in [1.165, 1.54) is 0 Å². The number of rotatable bonds is 4. The van der Waals surface area contributed by atoms with Crippen LogP contribution >= 0.6 is 31.9 Å². The lowest BCUT2D eigenvalue weighted by Gasteiger charge is -2.07. The zero-order valence-corrected chi connectivity index (χ0v) is 19.5. The molecule has 0 bridgehead atoms. The molecule has 0 saturated carbocycles. The van der Waals surface area contributed by atoms with E-state index in [0.717, 1.165) is 37.0 Å². The number of anilines is 1. The molecule has 4 rings (SSSR count). The fourth-order valence-electron chi connectivity index (χ4n) is 3.01. The van der Waals surface area contributed by atoms with Crippen molar-refractivity contribution in [1.29, 1.82) is 0 Å². The third-order valence-electron chi connectivity index (χ3n) is 4.63. The van der Waals surface area contributed by atoms with E-state index >= 15 is 0 Å². The Bertz CT molecular complexity index is 1150. The summed E-state index contributed by atoms with van der Waals surface area (Å²) < 4.78 is 3.62. The van der Waals surface area contributed by atoms with Crippen molar-refractivity contribution in [3.05, 3.63) is 92.6 Å². The van der Waals surface area contributed by atoms with Gasteiger partial charge in [0, 0.05) is 20.2 Å². The highest BCUT2D eigenvalue weighted by molar-refractivity contribution is 9.10. The van der Waals surface area contributed by atoms with Crippen LogP contribution in [0, 0.1) is 13.8 Å². The normalized spacial score (nSPS) is 10.8. The average Bonchev–Trinajstić information content (AvgIpc) is 3.17. The minimum atomic E-state index is -0.357. The molecule has 0 saturated heterocycles. The van der Waals surface area contributed by atoms with Crippen LogP contribution in [-0.4, -0.2) is 20.7 Å². The highest BCUT2D eigenvalue weighted by Gasteiger charge is 2.19. The van der Waals surface area contributed by atoms with Crippen molar-refractivity contribution in [1.82, 2.24) is 14.8 Å². The summed E-state index contributed by atoms with van der Waals surface area (Å²) in [6, 6.07) is 21.4. The molecule has 1 aromatic heterocycles. The summed E-state index contributed by atoms with van der Waals surface area (Å²) in [4.78, 5) is 17.5. The van der Waals surface area contributed by atoms with Crippen LogP contribution < -0.4 is 5.32 Å². The Morgan fingerprint density at radius 1 is 0.900 bits per heavy atom. The summed E-state index contributed by atoms with van der Waals surface area (Å²) >= 11 is 6.89. The summed E-state index contributed by atoms with van der Waals surface area (Å²) in [6.07, 6.45) is 0. The Morgan fingerprint density at radius 3 is 2.23 bits per heavy atom. The number of nitrogens with zero attached hydrogens (tertiary/aromatic N) is 3. The first kappa shape index (κ1) is 20.5. The lowest BCUT2D eigenvalue weighted by molar-refractivity contribution is 0.101. The van der Waals surface area contributed by atoms with Crippen LogP contribution in [0.15, 0.2) is 75.7 Å². The van der Waals surface area contributed by atoms with Crippen molar-refractivity contribution in [2.24, 2.45) is 0 Å². The Morgan fingerprint density at radius 2 is 1.57 bits per heavy atom. The van der Waals surface area contributed by atoms with Crippen LogP contribution in [0.1, 0.15) is 21.7 Å². The van der Waals surface area contributed by atoms with Crippen LogP contribution in [0.5, 0.6) is 0 Å². The summed E-state index contributed by atoms with van der Waals surface area (Å²) in [6.45, 7) is 3.97. The molecule has 150 valence electrons. The van der Waals surface area contributed by atoms with Crippen LogP contribution in [0.3, 0.4) is 0 Å². The molecular formula is C23H18Br2N4O. The molecule has 1 N–H and O–H groups in total. The van der Waals surface area contributed by atoms with Crippen LogP contribution in [0.2, 0.25) is 0 Å². The van der Waals surface area contributed by atoms with Gasteiger partial charge in [-0.3, -0.25) is 4.79 Å². The molecule has 0 fully saturated rings. The van der Waals surface area contributed by atoms with Crippen LogP contribution in [-0.2, 0) is 0 Å². The number of hydrogen-bond donors (Lipinski definition) is 1. The van der Waals surface area contributed by atoms with E-state index in [1.807, 2.05) is 80.6 Å². The van der Waals surface area contributed by atoms with Gasteiger partial charge in [-0.2, -0.15) is 0 Å². The SMILES string of the molecule is Cc1ccc(-c2nc(C(=O)Nc3ccc(Br)cc3C)nn2-c2ccc(Br)cc2)cc1. The van der Waals surface area contributed by atoms with Crippen LogP contribution in [0.25, 0.3) is 17.1 Å². The van der Waals surface area contributed by atoms with E-state index in [1.54, 1.807) is 4.68 Å².